The largest absolute Gasteiger partial charge is 0.395 e. The van der Waals surface area contributed by atoms with E-state index >= 15 is 0 Å². The van der Waals surface area contributed by atoms with Gasteiger partial charge in [-0.2, -0.15) is 4.31 Å². The van der Waals surface area contributed by atoms with Gasteiger partial charge in [0.1, 0.15) is 10.7 Å². The fourth-order valence-corrected chi connectivity index (χ4v) is 4.13. The van der Waals surface area contributed by atoms with Gasteiger partial charge in [-0.05, 0) is 42.3 Å². The Balaban J connectivity index is 3.30. The van der Waals surface area contributed by atoms with Gasteiger partial charge in [-0.15, -0.1) is 0 Å². The lowest BCUT2D eigenvalue weighted by Gasteiger charge is -2.26. The molecule has 0 atom stereocenters. The second-order valence-electron chi connectivity index (χ2n) is 4.86. The van der Waals surface area contributed by atoms with E-state index in [-0.39, 0.29) is 24.1 Å². The smallest absolute Gasteiger partial charge is 0.247 e. The Morgan fingerprint density at radius 3 is 2.67 bits per heavy atom. The van der Waals surface area contributed by atoms with Crippen LogP contribution in [0, 0.1) is 0 Å². The van der Waals surface area contributed by atoms with E-state index in [0.717, 1.165) is 6.42 Å². The van der Waals surface area contributed by atoms with Crippen molar-refractivity contribution in [3.63, 3.8) is 0 Å². The van der Waals surface area contributed by atoms with Crippen molar-refractivity contribution in [3.05, 3.63) is 16.7 Å². The van der Waals surface area contributed by atoms with E-state index in [9.17, 15) is 8.42 Å². The topological polar surface area (TPSA) is 82.5 Å². The van der Waals surface area contributed by atoms with Gasteiger partial charge >= 0.3 is 0 Å². The molecule has 0 aliphatic carbocycles. The van der Waals surface area contributed by atoms with Crippen LogP contribution in [0.5, 0.6) is 0 Å². The minimum Gasteiger partial charge on any atom is -0.395 e. The zero-order chi connectivity index (χ0) is 16.0. The summed E-state index contributed by atoms with van der Waals surface area (Å²) in [5.74, 6) is 0.337. The van der Waals surface area contributed by atoms with Gasteiger partial charge in [0.25, 0.3) is 0 Å². The van der Waals surface area contributed by atoms with Crippen molar-refractivity contribution in [2.75, 3.05) is 25.0 Å². The molecule has 1 aromatic rings. The van der Waals surface area contributed by atoms with Gasteiger partial charge in [0.2, 0.25) is 10.0 Å². The normalized spacial score (nSPS) is 12.1. The SMILES string of the molecule is CCCNc1ncc(Br)cc1S(=O)(=O)N(CCO)C(C)C. The van der Waals surface area contributed by atoms with E-state index in [0.29, 0.717) is 16.8 Å². The van der Waals surface area contributed by atoms with Gasteiger partial charge in [0.05, 0.1) is 6.61 Å². The summed E-state index contributed by atoms with van der Waals surface area (Å²) in [7, 11) is -3.73. The molecule has 2 N–H and O–H groups in total. The number of aliphatic hydroxyl groups excluding tert-OH is 1. The Bertz CT molecular complexity index is 564. The van der Waals surface area contributed by atoms with Gasteiger partial charge in [-0.25, -0.2) is 13.4 Å². The molecular weight excluding hydrogens is 358 g/mol. The van der Waals surface area contributed by atoms with E-state index in [4.69, 9.17) is 5.11 Å². The molecular formula is C13H22BrN3O3S. The Labute approximate surface area is 134 Å². The average Bonchev–Trinajstić information content (AvgIpc) is 2.42. The molecule has 21 heavy (non-hydrogen) atoms. The van der Waals surface area contributed by atoms with Crippen molar-refractivity contribution < 1.29 is 13.5 Å². The number of aliphatic hydroxyl groups is 1. The van der Waals surface area contributed by atoms with Gasteiger partial charge < -0.3 is 10.4 Å². The molecule has 0 bridgehead atoms. The van der Waals surface area contributed by atoms with Crippen molar-refractivity contribution in [1.29, 1.82) is 0 Å². The summed E-state index contributed by atoms with van der Waals surface area (Å²) < 4.78 is 27.5. The van der Waals surface area contributed by atoms with Crippen molar-refractivity contribution in [3.8, 4) is 0 Å². The second kappa shape index (κ2) is 8.07. The highest BCUT2D eigenvalue weighted by atomic mass is 79.9. The number of hydrogen-bond acceptors (Lipinski definition) is 5. The van der Waals surface area contributed by atoms with Crippen LogP contribution in [0.1, 0.15) is 27.2 Å². The first-order valence-electron chi connectivity index (χ1n) is 6.86. The molecule has 0 saturated carbocycles. The van der Waals surface area contributed by atoms with Gasteiger partial charge in [-0.3, -0.25) is 0 Å². The quantitative estimate of drug-likeness (QED) is 0.722. The van der Waals surface area contributed by atoms with Crippen LogP contribution in [0.3, 0.4) is 0 Å². The predicted molar refractivity (Wildman–Crippen MR) is 86.8 cm³/mol. The fraction of sp³-hybridized carbons (Fsp3) is 0.615. The summed E-state index contributed by atoms with van der Waals surface area (Å²) >= 11 is 3.26. The minimum absolute atomic E-state index is 0.0553. The highest BCUT2D eigenvalue weighted by molar-refractivity contribution is 9.10. The van der Waals surface area contributed by atoms with E-state index in [2.05, 4.69) is 26.2 Å². The van der Waals surface area contributed by atoms with E-state index in [1.807, 2.05) is 6.92 Å². The molecule has 1 aromatic heterocycles. The lowest BCUT2D eigenvalue weighted by Crippen LogP contribution is -2.39. The van der Waals surface area contributed by atoms with Gasteiger partial charge in [-0.1, -0.05) is 6.92 Å². The third kappa shape index (κ3) is 4.64. The summed E-state index contributed by atoms with van der Waals surface area (Å²) in [6, 6.07) is 1.28. The number of nitrogens with one attached hydrogen (secondary N) is 1. The average molecular weight is 380 g/mol. The molecule has 0 aliphatic rings. The summed E-state index contributed by atoms with van der Waals surface area (Å²) in [6.07, 6.45) is 2.42. The molecule has 0 amide bonds. The number of hydrogen-bond donors (Lipinski definition) is 2. The van der Waals surface area contributed by atoms with Crippen LogP contribution in [-0.2, 0) is 10.0 Å². The fourth-order valence-electron chi connectivity index (χ4n) is 1.87. The summed E-state index contributed by atoms with van der Waals surface area (Å²) in [5, 5.41) is 12.1. The maximum Gasteiger partial charge on any atom is 0.247 e. The zero-order valence-corrected chi connectivity index (χ0v) is 14.9. The molecule has 0 fully saturated rings. The Hall–Kier alpha value is -0.700. The summed E-state index contributed by atoms with van der Waals surface area (Å²) in [6.45, 7) is 6.01. The molecule has 0 unspecified atom stereocenters. The van der Waals surface area contributed by atoms with Crippen molar-refractivity contribution in [2.24, 2.45) is 0 Å². The van der Waals surface area contributed by atoms with Crippen LogP contribution in [0.15, 0.2) is 21.6 Å². The Morgan fingerprint density at radius 2 is 2.14 bits per heavy atom. The number of anilines is 1. The van der Waals surface area contributed by atoms with Crippen LogP contribution in [-0.4, -0.2) is 48.6 Å². The molecule has 0 aliphatic heterocycles. The first-order valence-corrected chi connectivity index (χ1v) is 9.10. The molecule has 8 heteroatoms. The standard InChI is InChI=1S/C13H22BrN3O3S/c1-4-5-15-13-12(8-11(14)9-16-13)21(19,20)17(6-7-18)10(2)3/h8-10,18H,4-7H2,1-3H3,(H,15,16). The maximum absolute atomic E-state index is 12.8. The van der Waals surface area contributed by atoms with E-state index < -0.39 is 10.0 Å². The Kier molecular flexibility index (Phi) is 7.05. The number of rotatable bonds is 8. The minimum atomic E-state index is -3.73. The predicted octanol–water partition coefficient (Wildman–Crippen LogP) is 2.06. The van der Waals surface area contributed by atoms with Crippen LogP contribution >= 0.6 is 15.9 Å². The monoisotopic (exact) mass is 379 g/mol. The number of aromatic nitrogens is 1. The van der Waals surface area contributed by atoms with Gasteiger partial charge in [0.15, 0.2) is 0 Å². The zero-order valence-electron chi connectivity index (χ0n) is 12.5. The van der Waals surface area contributed by atoms with Crippen LogP contribution in [0.25, 0.3) is 0 Å². The number of sulfonamides is 1. The molecule has 0 aromatic carbocycles. The lowest BCUT2D eigenvalue weighted by molar-refractivity contribution is 0.236. The second-order valence-corrected chi connectivity index (χ2v) is 7.63. The van der Waals surface area contributed by atoms with Crippen molar-refractivity contribution in [2.45, 2.75) is 38.1 Å². The summed E-state index contributed by atoms with van der Waals surface area (Å²) in [5.41, 5.74) is 0. The van der Waals surface area contributed by atoms with Crippen molar-refractivity contribution in [1.82, 2.24) is 9.29 Å². The highest BCUT2D eigenvalue weighted by Crippen LogP contribution is 2.27. The molecule has 1 rings (SSSR count). The van der Waals surface area contributed by atoms with E-state index in [1.54, 1.807) is 20.0 Å². The van der Waals surface area contributed by atoms with Crippen LogP contribution in [0.4, 0.5) is 5.82 Å². The third-order valence-electron chi connectivity index (χ3n) is 2.84. The number of halogens is 1. The molecule has 0 saturated heterocycles. The number of pyridine rings is 1. The molecule has 120 valence electrons. The summed E-state index contributed by atoms with van der Waals surface area (Å²) in [4.78, 5) is 4.28. The first kappa shape index (κ1) is 18.3. The number of nitrogens with zero attached hydrogens (tertiary/aromatic N) is 2. The lowest BCUT2D eigenvalue weighted by atomic mass is 10.4. The first-order chi connectivity index (χ1) is 9.84. The van der Waals surface area contributed by atoms with E-state index in [1.165, 1.54) is 10.4 Å². The van der Waals surface area contributed by atoms with Crippen LogP contribution in [0.2, 0.25) is 0 Å². The van der Waals surface area contributed by atoms with Gasteiger partial charge in [0, 0.05) is 29.8 Å². The van der Waals surface area contributed by atoms with Crippen molar-refractivity contribution >= 4 is 31.8 Å². The Morgan fingerprint density at radius 1 is 1.48 bits per heavy atom. The molecule has 0 radical (unpaired) electrons. The van der Waals surface area contributed by atoms with Crippen LogP contribution < -0.4 is 5.32 Å². The highest BCUT2D eigenvalue weighted by Gasteiger charge is 2.29. The third-order valence-corrected chi connectivity index (χ3v) is 5.37. The molecule has 6 nitrogen and oxygen atoms in total. The molecule has 0 spiro atoms. The molecule has 1 heterocycles. The maximum atomic E-state index is 12.8.